The highest BCUT2D eigenvalue weighted by atomic mass is 16.5. The fraction of sp³-hybridized carbons (Fsp3) is 0.667. The van der Waals surface area contributed by atoms with E-state index in [1.54, 1.807) is 0 Å². The number of urea groups is 1. The molecule has 1 saturated heterocycles. The lowest BCUT2D eigenvalue weighted by Gasteiger charge is -2.22. The second-order valence-corrected chi connectivity index (χ2v) is 5.43. The van der Waals surface area contributed by atoms with E-state index in [-0.39, 0.29) is 6.03 Å². The van der Waals surface area contributed by atoms with Gasteiger partial charge in [0.25, 0.3) is 0 Å². The van der Waals surface area contributed by atoms with Crippen LogP contribution in [0.25, 0.3) is 0 Å². The second kappa shape index (κ2) is 7.94. The van der Waals surface area contributed by atoms with Crippen molar-refractivity contribution >= 4 is 6.03 Å². The second-order valence-electron chi connectivity index (χ2n) is 5.43. The Hall–Kier alpha value is -1.49. The molecule has 1 fully saturated rings. The molecule has 5 heteroatoms. The third-order valence-electron chi connectivity index (χ3n) is 3.61. The first-order valence-electron chi connectivity index (χ1n) is 7.48. The number of aromatic nitrogens is 1. The Kier molecular flexibility index (Phi) is 5.92. The minimum absolute atomic E-state index is 0.0987. The van der Waals surface area contributed by atoms with Gasteiger partial charge < -0.3 is 19.9 Å². The molecular weight excluding hydrogens is 254 g/mol. The zero-order valence-electron chi connectivity index (χ0n) is 12.2. The van der Waals surface area contributed by atoms with E-state index in [2.05, 4.69) is 10.6 Å². The quantitative estimate of drug-likeness (QED) is 0.784. The van der Waals surface area contributed by atoms with Gasteiger partial charge >= 0.3 is 6.03 Å². The number of hydrogen-bond donors (Lipinski definition) is 2. The summed E-state index contributed by atoms with van der Waals surface area (Å²) in [7, 11) is 1.97. The largest absolute Gasteiger partial charge is 0.378 e. The normalized spacial score (nSPS) is 18.8. The highest BCUT2D eigenvalue weighted by Crippen LogP contribution is 2.16. The molecule has 0 spiro atoms. The van der Waals surface area contributed by atoms with Gasteiger partial charge in [-0.3, -0.25) is 0 Å². The van der Waals surface area contributed by atoms with Crippen LogP contribution in [0.2, 0.25) is 0 Å². The van der Waals surface area contributed by atoms with Gasteiger partial charge in [-0.15, -0.1) is 0 Å². The van der Waals surface area contributed by atoms with E-state index in [9.17, 15) is 4.79 Å². The number of ether oxygens (including phenoxy) is 1. The Bertz CT molecular complexity index is 411. The van der Waals surface area contributed by atoms with E-state index >= 15 is 0 Å². The molecule has 0 radical (unpaired) electrons. The van der Waals surface area contributed by atoms with Crippen molar-refractivity contribution in [3.05, 3.63) is 24.0 Å². The topological polar surface area (TPSA) is 55.3 Å². The van der Waals surface area contributed by atoms with Crippen LogP contribution < -0.4 is 10.6 Å². The van der Waals surface area contributed by atoms with Gasteiger partial charge in [0.2, 0.25) is 0 Å². The fourth-order valence-corrected chi connectivity index (χ4v) is 2.48. The highest BCUT2D eigenvalue weighted by molar-refractivity contribution is 5.73. The Morgan fingerprint density at radius 3 is 3.05 bits per heavy atom. The molecule has 1 aliphatic heterocycles. The minimum atomic E-state index is -0.0987. The Morgan fingerprint density at radius 1 is 1.45 bits per heavy atom. The van der Waals surface area contributed by atoms with E-state index < -0.39 is 0 Å². The van der Waals surface area contributed by atoms with Gasteiger partial charge in [0.1, 0.15) is 0 Å². The van der Waals surface area contributed by atoms with Crippen LogP contribution >= 0.6 is 0 Å². The predicted molar refractivity (Wildman–Crippen MR) is 78.5 cm³/mol. The van der Waals surface area contributed by atoms with E-state index in [1.165, 1.54) is 19.3 Å². The first kappa shape index (κ1) is 14.9. The van der Waals surface area contributed by atoms with Crippen LogP contribution in [0.4, 0.5) is 4.79 Å². The number of carbonyl (C=O) groups excluding carboxylic acids is 1. The van der Waals surface area contributed by atoms with Crippen molar-refractivity contribution in [3.63, 3.8) is 0 Å². The number of amides is 2. The molecule has 0 bridgehead atoms. The number of carbonyl (C=O) groups is 1. The molecule has 0 unspecified atom stereocenters. The summed E-state index contributed by atoms with van der Waals surface area (Å²) in [5.41, 5.74) is 1.11. The molecule has 112 valence electrons. The molecule has 20 heavy (non-hydrogen) atoms. The van der Waals surface area contributed by atoms with Crippen molar-refractivity contribution in [3.8, 4) is 0 Å². The Morgan fingerprint density at radius 2 is 2.35 bits per heavy atom. The van der Waals surface area contributed by atoms with Crippen LogP contribution in [0, 0.1) is 0 Å². The molecule has 1 aromatic heterocycles. The SMILES string of the molecule is Cn1ccc(CNC(=O)NCCC[C@@H]2CCCCO2)c1. The van der Waals surface area contributed by atoms with Crippen LogP contribution in [-0.2, 0) is 18.3 Å². The van der Waals surface area contributed by atoms with Crippen LogP contribution in [0.5, 0.6) is 0 Å². The Labute approximate surface area is 120 Å². The van der Waals surface area contributed by atoms with Crippen LogP contribution in [0.3, 0.4) is 0 Å². The van der Waals surface area contributed by atoms with Crippen LogP contribution in [-0.4, -0.2) is 29.9 Å². The van der Waals surface area contributed by atoms with Gasteiger partial charge in [0, 0.05) is 39.1 Å². The molecule has 1 aromatic rings. The molecule has 2 heterocycles. The number of nitrogens with zero attached hydrogens (tertiary/aromatic N) is 1. The molecule has 5 nitrogen and oxygen atoms in total. The maximum Gasteiger partial charge on any atom is 0.315 e. The van der Waals surface area contributed by atoms with E-state index in [0.717, 1.165) is 25.0 Å². The molecule has 1 aliphatic rings. The average Bonchev–Trinajstić information content (AvgIpc) is 2.88. The lowest BCUT2D eigenvalue weighted by molar-refractivity contribution is 0.0103. The lowest BCUT2D eigenvalue weighted by atomic mass is 10.0. The van der Waals surface area contributed by atoms with Gasteiger partial charge in [-0.2, -0.15) is 0 Å². The van der Waals surface area contributed by atoms with Crippen LogP contribution in [0.1, 0.15) is 37.7 Å². The van der Waals surface area contributed by atoms with Gasteiger partial charge in [-0.25, -0.2) is 4.79 Å². The molecule has 0 aromatic carbocycles. The molecule has 2 rings (SSSR count). The van der Waals surface area contributed by atoms with Crippen molar-refractivity contribution < 1.29 is 9.53 Å². The van der Waals surface area contributed by atoms with Crippen molar-refractivity contribution in [2.24, 2.45) is 7.05 Å². The fourth-order valence-electron chi connectivity index (χ4n) is 2.48. The summed E-state index contributed by atoms with van der Waals surface area (Å²) in [5, 5.41) is 5.74. The zero-order valence-corrected chi connectivity index (χ0v) is 12.2. The summed E-state index contributed by atoms with van der Waals surface area (Å²) in [6, 6.07) is 1.90. The molecule has 0 aliphatic carbocycles. The average molecular weight is 279 g/mol. The molecule has 2 N–H and O–H groups in total. The highest BCUT2D eigenvalue weighted by Gasteiger charge is 2.13. The zero-order chi connectivity index (χ0) is 14.2. The number of aryl methyl sites for hydroxylation is 1. The van der Waals surface area contributed by atoms with Gasteiger partial charge in [-0.1, -0.05) is 0 Å². The van der Waals surface area contributed by atoms with Crippen LogP contribution in [0.15, 0.2) is 18.5 Å². The van der Waals surface area contributed by atoms with Crippen molar-refractivity contribution in [1.29, 1.82) is 0 Å². The van der Waals surface area contributed by atoms with Crippen molar-refractivity contribution in [2.75, 3.05) is 13.2 Å². The lowest BCUT2D eigenvalue weighted by Crippen LogP contribution is -2.35. The minimum Gasteiger partial charge on any atom is -0.378 e. The predicted octanol–water partition coefficient (Wildman–Crippen LogP) is 2.17. The van der Waals surface area contributed by atoms with E-state index in [4.69, 9.17) is 4.74 Å². The smallest absolute Gasteiger partial charge is 0.315 e. The first-order valence-corrected chi connectivity index (χ1v) is 7.48. The third-order valence-corrected chi connectivity index (χ3v) is 3.61. The molecule has 1 atom stereocenters. The standard InChI is InChI=1S/C15H25N3O2/c1-18-9-7-13(12-18)11-17-15(19)16-8-4-6-14-5-2-3-10-20-14/h7,9,12,14H,2-6,8,10-11H2,1H3,(H2,16,17,19)/t14-/m0/s1. The van der Waals surface area contributed by atoms with Crippen molar-refractivity contribution in [2.45, 2.75) is 44.8 Å². The number of rotatable bonds is 6. The van der Waals surface area contributed by atoms with Gasteiger partial charge in [-0.05, 0) is 43.7 Å². The number of nitrogens with one attached hydrogen (secondary N) is 2. The Balaban J connectivity index is 1.51. The van der Waals surface area contributed by atoms with Gasteiger partial charge in [0.05, 0.1) is 6.10 Å². The summed E-state index contributed by atoms with van der Waals surface area (Å²) in [6.07, 6.45) is 10.0. The van der Waals surface area contributed by atoms with Crippen molar-refractivity contribution in [1.82, 2.24) is 15.2 Å². The molecule has 0 saturated carbocycles. The maximum atomic E-state index is 11.6. The monoisotopic (exact) mass is 279 g/mol. The third kappa shape index (κ3) is 5.25. The molecule has 2 amide bonds. The summed E-state index contributed by atoms with van der Waals surface area (Å²) in [5.74, 6) is 0. The van der Waals surface area contributed by atoms with E-state index in [0.29, 0.717) is 19.2 Å². The number of hydrogen-bond acceptors (Lipinski definition) is 2. The summed E-state index contributed by atoms with van der Waals surface area (Å²) < 4.78 is 7.63. The summed E-state index contributed by atoms with van der Waals surface area (Å²) in [4.78, 5) is 11.6. The maximum absolute atomic E-state index is 11.6. The van der Waals surface area contributed by atoms with Gasteiger partial charge in [0.15, 0.2) is 0 Å². The summed E-state index contributed by atoms with van der Waals surface area (Å²) >= 11 is 0. The first-order chi connectivity index (χ1) is 9.74. The van der Waals surface area contributed by atoms with E-state index in [1.807, 2.05) is 30.1 Å². The molecular formula is C15H25N3O2. The summed E-state index contributed by atoms with van der Waals surface area (Å²) in [6.45, 7) is 2.18.